The lowest BCUT2D eigenvalue weighted by Crippen LogP contribution is -2.08. The number of pyridine rings is 1. The summed E-state index contributed by atoms with van der Waals surface area (Å²) < 4.78 is 9.06. The number of hydrogen-bond acceptors (Lipinski definition) is 4. The van der Waals surface area contributed by atoms with Crippen LogP contribution in [0, 0.1) is 13.8 Å². The molecule has 0 bridgehead atoms. The maximum Gasteiger partial charge on any atom is 0.356 e. The number of aryl methyl sites for hydroxylation is 2. The predicted molar refractivity (Wildman–Crippen MR) is 146 cm³/mol. The highest BCUT2D eigenvalue weighted by molar-refractivity contribution is 9.10. The zero-order valence-corrected chi connectivity index (χ0v) is 22.5. The number of fused-ring (bicyclic) bond motifs is 3. The molecule has 0 unspecified atom stereocenters. The Morgan fingerprint density at radius 1 is 1.06 bits per heavy atom. The summed E-state index contributed by atoms with van der Waals surface area (Å²) in [5.41, 5.74) is 5.66. The number of carbonyl (C=O) groups excluding carboxylic acids is 2. The maximum absolute atomic E-state index is 13.8. The van der Waals surface area contributed by atoms with Gasteiger partial charge in [0, 0.05) is 32.2 Å². The number of thiophene rings is 1. The molecular formula is C28H21BrClNO3S. The van der Waals surface area contributed by atoms with Crippen LogP contribution in [0.1, 0.15) is 43.8 Å². The van der Waals surface area contributed by atoms with Gasteiger partial charge in [-0.25, -0.2) is 4.79 Å². The second-order valence-corrected chi connectivity index (χ2v) is 10.7. The van der Waals surface area contributed by atoms with Crippen molar-refractivity contribution >= 4 is 66.2 Å². The van der Waals surface area contributed by atoms with Gasteiger partial charge in [0.1, 0.15) is 5.69 Å². The van der Waals surface area contributed by atoms with Crippen molar-refractivity contribution in [1.29, 1.82) is 0 Å². The maximum atomic E-state index is 13.8. The number of carbonyl (C=O) groups is 2. The van der Waals surface area contributed by atoms with Crippen LogP contribution in [-0.4, -0.2) is 22.8 Å². The van der Waals surface area contributed by atoms with E-state index in [9.17, 15) is 9.59 Å². The van der Waals surface area contributed by atoms with Gasteiger partial charge in [-0.3, -0.25) is 4.79 Å². The zero-order chi connectivity index (χ0) is 24.9. The van der Waals surface area contributed by atoms with Crippen molar-refractivity contribution in [2.45, 2.75) is 20.8 Å². The standard InChI is InChI=1S/C28H21BrClNO3S/c1-4-34-28(33)24-26-22(23-16(3)13-15(2)14-31(23)24)21(17-5-9-19(29)10-6-17)27(35-26)25(32)18-7-11-20(30)12-8-18/h5-14H,4H2,1-3H3. The van der Waals surface area contributed by atoms with Crippen LogP contribution in [-0.2, 0) is 4.74 Å². The molecule has 0 atom stereocenters. The Bertz CT molecular complexity index is 1620. The Morgan fingerprint density at radius 3 is 2.40 bits per heavy atom. The summed E-state index contributed by atoms with van der Waals surface area (Å²) in [7, 11) is 0. The highest BCUT2D eigenvalue weighted by atomic mass is 79.9. The second-order valence-electron chi connectivity index (χ2n) is 8.34. The number of aromatic nitrogens is 1. The molecular weight excluding hydrogens is 546 g/mol. The molecule has 0 fully saturated rings. The summed E-state index contributed by atoms with van der Waals surface area (Å²) in [6.45, 7) is 6.08. The fourth-order valence-electron chi connectivity index (χ4n) is 4.51. The molecule has 7 heteroatoms. The van der Waals surface area contributed by atoms with Crippen molar-refractivity contribution in [3.05, 3.63) is 97.6 Å². The van der Waals surface area contributed by atoms with Gasteiger partial charge in [-0.1, -0.05) is 45.7 Å². The van der Waals surface area contributed by atoms with E-state index in [1.807, 2.05) is 48.7 Å². The number of hydrogen-bond donors (Lipinski definition) is 0. The third-order valence-electron chi connectivity index (χ3n) is 5.91. The topological polar surface area (TPSA) is 47.8 Å². The first-order chi connectivity index (χ1) is 16.8. The number of rotatable bonds is 5. The quantitative estimate of drug-likeness (QED) is 0.159. The van der Waals surface area contributed by atoms with Crippen molar-refractivity contribution in [3.63, 3.8) is 0 Å². The van der Waals surface area contributed by atoms with E-state index in [1.165, 1.54) is 11.3 Å². The Balaban J connectivity index is 1.92. The highest BCUT2D eigenvalue weighted by Crippen LogP contribution is 2.46. The fraction of sp³-hybridized carbons (Fsp3) is 0.143. The lowest BCUT2D eigenvalue weighted by atomic mass is 9.97. The number of nitrogens with zero attached hydrogens (tertiary/aromatic N) is 1. The van der Waals surface area contributed by atoms with E-state index in [0.717, 1.165) is 42.3 Å². The summed E-state index contributed by atoms with van der Waals surface area (Å²) in [6, 6.07) is 16.9. The van der Waals surface area contributed by atoms with Gasteiger partial charge in [-0.2, -0.15) is 0 Å². The van der Waals surface area contributed by atoms with Gasteiger partial charge in [0.2, 0.25) is 5.78 Å². The number of esters is 1. The van der Waals surface area contributed by atoms with Gasteiger partial charge in [0.25, 0.3) is 0 Å². The van der Waals surface area contributed by atoms with Crippen molar-refractivity contribution < 1.29 is 14.3 Å². The van der Waals surface area contributed by atoms with Crippen LogP contribution in [0.15, 0.2) is 65.3 Å². The molecule has 0 saturated carbocycles. The largest absolute Gasteiger partial charge is 0.461 e. The Morgan fingerprint density at radius 2 is 1.74 bits per heavy atom. The van der Waals surface area contributed by atoms with E-state index in [1.54, 1.807) is 31.2 Å². The molecule has 0 aliphatic heterocycles. The molecule has 0 aliphatic carbocycles. The van der Waals surface area contributed by atoms with Gasteiger partial charge in [0.15, 0.2) is 0 Å². The van der Waals surface area contributed by atoms with Crippen LogP contribution < -0.4 is 0 Å². The molecule has 0 spiro atoms. The van der Waals surface area contributed by atoms with Crippen LogP contribution in [0.25, 0.3) is 26.7 Å². The zero-order valence-electron chi connectivity index (χ0n) is 19.3. The first-order valence-corrected chi connectivity index (χ1v) is 13.1. The normalized spacial score (nSPS) is 11.3. The van der Waals surface area contributed by atoms with Gasteiger partial charge < -0.3 is 9.14 Å². The number of halogens is 2. The van der Waals surface area contributed by atoms with Crippen LogP contribution in [0.5, 0.6) is 0 Å². The molecule has 0 amide bonds. The van der Waals surface area contributed by atoms with Crippen molar-refractivity contribution in [3.8, 4) is 11.1 Å². The summed E-state index contributed by atoms with van der Waals surface area (Å²) in [6.07, 6.45) is 1.95. The van der Waals surface area contributed by atoms with Crippen LogP contribution >= 0.6 is 38.9 Å². The van der Waals surface area contributed by atoms with Crippen LogP contribution in [0.4, 0.5) is 0 Å². The van der Waals surface area contributed by atoms with Crippen molar-refractivity contribution in [1.82, 2.24) is 4.40 Å². The predicted octanol–water partition coefficient (Wildman–Crippen LogP) is 8.26. The van der Waals surface area contributed by atoms with E-state index < -0.39 is 5.97 Å². The van der Waals surface area contributed by atoms with Gasteiger partial charge in [-0.05, 0) is 73.9 Å². The minimum atomic E-state index is -0.406. The number of ether oxygens (including phenoxy) is 1. The third kappa shape index (κ3) is 4.10. The number of ketones is 1. The first-order valence-electron chi connectivity index (χ1n) is 11.1. The van der Waals surface area contributed by atoms with Gasteiger partial charge >= 0.3 is 5.97 Å². The molecule has 0 aliphatic rings. The van der Waals surface area contributed by atoms with Crippen LogP contribution in [0.2, 0.25) is 5.02 Å². The van der Waals surface area contributed by atoms with E-state index in [0.29, 0.717) is 21.2 Å². The molecule has 4 nitrogen and oxygen atoms in total. The Kier molecular flexibility index (Phi) is 6.30. The summed E-state index contributed by atoms with van der Waals surface area (Å²) in [5, 5.41) is 1.45. The van der Waals surface area contributed by atoms with E-state index >= 15 is 0 Å². The average molecular weight is 567 g/mol. The number of benzene rings is 2. The van der Waals surface area contributed by atoms with Gasteiger partial charge in [-0.15, -0.1) is 11.3 Å². The first kappa shape index (κ1) is 23.8. The van der Waals surface area contributed by atoms with Crippen LogP contribution in [0.3, 0.4) is 0 Å². The SMILES string of the molecule is CCOC(=O)c1c2sc(C(=O)c3ccc(Cl)cc3)c(-c3ccc(Br)cc3)c2c2c(C)cc(C)cn12. The van der Waals surface area contributed by atoms with E-state index in [2.05, 4.69) is 22.0 Å². The minimum absolute atomic E-state index is 0.112. The monoisotopic (exact) mass is 565 g/mol. The average Bonchev–Trinajstić information content (AvgIpc) is 3.34. The molecule has 3 heterocycles. The molecule has 5 rings (SSSR count). The molecule has 5 aromatic rings. The molecule has 0 saturated heterocycles. The molecule has 35 heavy (non-hydrogen) atoms. The molecule has 176 valence electrons. The Hall–Kier alpha value is -2.93. The van der Waals surface area contributed by atoms with Crippen molar-refractivity contribution in [2.24, 2.45) is 0 Å². The molecule has 0 radical (unpaired) electrons. The fourth-order valence-corrected chi connectivity index (χ4v) is 6.21. The summed E-state index contributed by atoms with van der Waals surface area (Å²) in [4.78, 5) is 27.6. The van der Waals surface area contributed by atoms with Gasteiger partial charge in [0.05, 0.1) is 21.7 Å². The lowest BCUT2D eigenvalue weighted by molar-refractivity contribution is 0.0521. The lowest BCUT2D eigenvalue weighted by Gasteiger charge is -2.09. The summed E-state index contributed by atoms with van der Waals surface area (Å²) >= 11 is 10.9. The third-order valence-corrected chi connectivity index (χ3v) is 7.88. The molecule has 0 N–H and O–H groups in total. The molecule has 2 aromatic carbocycles. The smallest absolute Gasteiger partial charge is 0.356 e. The molecule has 3 aromatic heterocycles. The van der Waals surface area contributed by atoms with Crippen molar-refractivity contribution in [2.75, 3.05) is 6.61 Å². The Labute approximate surface area is 220 Å². The second kappa shape index (κ2) is 9.26. The van der Waals surface area contributed by atoms with E-state index in [-0.39, 0.29) is 12.4 Å². The summed E-state index contributed by atoms with van der Waals surface area (Å²) in [5.74, 6) is -0.518. The highest BCUT2D eigenvalue weighted by Gasteiger charge is 2.30. The van der Waals surface area contributed by atoms with E-state index in [4.69, 9.17) is 16.3 Å². The minimum Gasteiger partial charge on any atom is -0.461 e.